The minimum atomic E-state index is -1.38. The van der Waals surface area contributed by atoms with E-state index in [1.165, 1.54) is 6.07 Å². The van der Waals surface area contributed by atoms with Crippen molar-refractivity contribution in [2.45, 2.75) is 85.0 Å². The molecule has 2 heterocycles. The Balaban J connectivity index is 1.29. The third-order valence-corrected chi connectivity index (χ3v) is 12.5. The lowest BCUT2D eigenvalue weighted by Crippen LogP contribution is -2.63. The Kier molecular flexibility index (Phi) is 8.67. The van der Waals surface area contributed by atoms with Gasteiger partial charge in [-0.05, 0) is 72.9 Å². The molecule has 1 aromatic rings. The van der Waals surface area contributed by atoms with Gasteiger partial charge in [-0.25, -0.2) is 9.18 Å². The number of fused-ring (bicyclic) bond motifs is 1. The summed E-state index contributed by atoms with van der Waals surface area (Å²) in [4.78, 5) is 29.6. The summed E-state index contributed by atoms with van der Waals surface area (Å²) in [6.45, 7) is 12.0. The Bertz CT molecular complexity index is 1280. The molecule has 2 aliphatic heterocycles. The number of ketones is 1. The van der Waals surface area contributed by atoms with Gasteiger partial charge in [-0.15, -0.1) is 0 Å². The van der Waals surface area contributed by atoms with Crippen LogP contribution in [0.5, 0.6) is 5.75 Å². The normalized spacial score (nSPS) is 38.9. The van der Waals surface area contributed by atoms with E-state index in [0.717, 1.165) is 38.9 Å². The Labute approximate surface area is 259 Å². The van der Waals surface area contributed by atoms with Crippen LogP contribution < -0.4 is 10.2 Å². The van der Waals surface area contributed by atoms with Crippen LogP contribution in [0.15, 0.2) is 12.1 Å². The Hall–Kier alpha value is -2.05. The summed E-state index contributed by atoms with van der Waals surface area (Å²) < 4.78 is 37.7. The van der Waals surface area contributed by atoms with Crippen LogP contribution in [0.3, 0.4) is 0 Å². The van der Waals surface area contributed by atoms with E-state index in [4.69, 9.17) is 18.9 Å². The first-order chi connectivity index (χ1) is 20.9. The fraction of sp³-hybridized carbons (Fsp3) is 0.758. The van der Waals surface area contributed by atoms with Crippen molar-refractivity contribution in [3.8, 4) is 5.75 Å². The van der Waals surface area contributed by atoms with Crippen molar-refractivity contribution in [3.05, 3.63) is 23.5 Å². The predicted molar refractivity (Wildman–Crippen MR) is 161 cm³/mol. The molecule has 11 heteroatoms. The molecule has 1 saturated heterocycles. The molecule has 0 radical (unpaired) electrons. The summed E-state index contributed by atoms with van der Waals surface area (Å²) in [5.41, 5.74) is -0.998. The molecule has 44 heavy (non-hydrogen) atoms. The molecule has 3 saturated carbocycles. The zero-order valence-corrected chi connectivity index (χ0v) is 26.5. The van der Waals surface area contributed by atoms with Crippen LogP contribution in [0.25, 0.3) is 0 Å². The van der Waals surface area contributed by atoms with Crippen molar-refractivity contribution in [2.75, 3.05) is 39.5 Å². The number of carbonyl (C=O) groups is 2. The van der Waals surface area contributed by atoms with Crippen LogP contribution in [0.1, 0.15) is 71.8 Å². The van der Waals surface area contributed by atoms with Gasteiger partial charge in [0.25, 0.3) is 0 Å². The highest BCUT2D eigenvalue weighted by Crippen LogP contribution is 2.68. The molecule has 0 unspecified atom stereocenters. The van der Waals surface area contributed by atoms with Crippen molar-refractivity contribution in [2.24, 2.45) is 34.0 Å². The van der Waals surface area contributed by atoms with Gasteiger partial charge in [-0.2, -0.15) is 0 Å². The topological polar surface area (TPSA) is 115 Å². The summed E-state index contributed by atoms with van der Waals surface area (Å²) >= 11 is 0. The van der Waals surface area contributed by atoms with Crippen molar-refractivity contribution < 1.29 is 43.0 Å². The molecule has 0 aromatic heterocycles. The van der Waals surface area contributed by atoms with Crippen LogP contribution in [-0.4, -0.2) is 85.6 Å². The second-order valence-corrected chi connectivity index (χ2v) is 14.6. The number of esters is 1. The third kappa shape index (κ3) is 5.20. The minimum Gasteiger partial charge on any atom is -0.479 e. The number of aliphatic hydroxyl groups excluding tert-OH is 1. The van der Waals surface area contributed by atoms with E-state index in [-0.39, 0.29) is 46.8 Å². The van der Waals surface area contributed by atoms with E-state index in [0.29, 0.717) is 38.0 Å². The number of hydrogen-bond acceptors (Lipinski definition) is 9. The minimum absolute atomic E-state index is 0.0228. The average Bonchev–Trinajstić information content (AvgIpc) is 3.57. The number of aliphatic hydroxyl groups is 1. The number of halogens is 1. The molecule has 0 amide bonds. The fourth-order valence-corrected chi connectivity index (χ4v) is 9.54. The lowest BCUT2D eigenvalue weighted by Gasteiger charge is -2.62. The van der Waals surface area contributed by atoms with Gasteiger partial charge >= 0.3 is 13.1 Å². The molecule has 0 spiro atoms. The van der Waals surface area contributed by atoms with E-state index >= 15 is 4.39 Å². The quantitative estimate of drug-likeness (QED) is 0.353. The van der Waals surface area contributed by atoms with E-state index in [1.54, 1.807) is 6.07 Å². The van der Waals surface area contributed by atoms with Crippen molar-refractivity contribution in [1.29, 1.82) is 0 Å². The maximum absolute atomic E-state index is 15.1. The van der Waals surface area contributed by atoms with Crippen LogP contribution in [0.4, 0.5) is 4.39 Å². The predicted octanol–water partition coefficient (Wildman–Crippen LogP) is 2.87. The van der Waals surface area contributed by atoms with Gasteiger partial charge < -0.3 is 29.0 Å². The average molecular weight is 616 g/mol. The number of benzene rings is 1. The lowest BCUT2D eigenvalue weighted by atomic mass is 9.43. The summed E-state index contributed by atoms with van der Waals surface area (Å²) in [6, 6.07) is 3.04. The van der Waals surface area contributed by atoms with E-state index < -0.39 is 48.5 Å². The SMILES string of the molecule is C[C@H]1[C@H](O)[C@](C)(CCN2CCOCC2)C[C@@H](OC(=O)COc2ccc3c(c2F)B(O)OC3)[C@@]2(C)[C@@H]3C(=O)CC[C@]31CC[C@@H]2C. The highest BCUT2D eigenvalue weighted by molar-refractivity contribution is 6.61. The maximum Gasteiger partial charge on any atom is 0.494 e. The molecule has 3 aliphatic carbocycles. The number of nitrogens with zero attached hydrogens (tertiary/aromatic N) is 1. The number of morpholine rings is 1. The molecule has 4 fully saturated rings. The van der Waals surface area contributed by atoms with Gasteiger partial charge in [-0.3, -0.25) is 9.69 Å². The van der Waals surface area contributed by atoms with E-state index in [2.05, 4.69) is 32.6 Å². The molecule has 6 rings (SSSR count). The van der Waals surface area contributed by atoms with Gasteiger partial charge in [-0.1, -0.05) is 33.8 Å². The summed E-state index contributed by atoms with van der Waals surface area (Å²) in [5.74, 6) is -1.65. The first kappa shape index (κ1) is 31.9. The number of rotatable bonds is 7. The Morgan fingerprint density at radius 3 is 2.70 bits per heavy atom. The van der Waals surface area contributed by atoms with Gasteiger partial charge in [0.2, 0.25) is 0 Å². The molecule has 5 aliphatic rings. The molecular weight excluding hydrogens is 568 g/mol. The second-order valence-electron chi connectivity index (χ2n) is 14.6. The van der Waals surface area contributed by atoms with Crippen molar-refractivity contribution in [1.82, 2.24) is 4.90 Å². The van der Waals surface area contributed by atoms with Crippen LogP contribution in [-0.2, 0) is 30.3 Å². The zero-order chi connectivity index (χ0) is 31.4. The maximum atomic E-state index is 15.1. The first-order valence-electron chi connectivity index (χ1n) is 16.3. The highest BCUT2D eigenvalue weighted by Gasteiger charge is 2.68. The van der Waals surface area contributed by atoms with Crippen molar-refractivity contribution in [3.63, 3.8) is 0 Å². The number of carbonyl (C=O) groups excluding carboxylic acids is 2. The molecule has 242 valence electrons. The lowest BCUT2D eigenvalue weighted by molar-refractivity contribution is -0.213. The first-order valence-corrected chi connectivity index (χ1v) is 16.3. The zero-order valence-electron chi connectivity index (χ0n) is 26.5. The molecular formula is C33H47BFNO8. The number of ether oxygens (including phenoxy) is 3. The monoisotopic (exact) mass is 615 g/mol. The Morgan fingerprint density at radius 2 is 1.95 bits per heavy atom. The molecule has 2 bridgehead atoms. The molecule has 1 aromatic carbocycles. The van der Waals surface area contributed by atoms with Gasteiger partial charge in [0, 0.05) is 36.3 Å². The summed E-state index contributed by atoms with van der Waals surface area (Å²) in [6.07, 6.45) is 2.78. The highest BCUT2D eigenvalue weighted by atomic mass is 19.1. The molecule has 9 nitrogen and oxygen atoms in total. The molecule has 8 atom stereocenters. The van der Waals surface area contributed by atoms with Crippen LogP contribution in [0.2, 0.25) is 0 Å². The van der Waals surface area contributed by atoms with Crippen LogP contribution >= 0.6 is 0 Å². The van der Waals surface area contributed by atoms with Gasteiger partial charge in [0.15, 0.2) is 18.2 Å². The van der Waals surface area contributed by atoms with Gasteiger partial charge in [0.05, 0.1) is 25.9 Å². The summed E-state index contributed by atoms with van der Waals surface area (Å²) in [7, 11) is -1.38. The van der Waals surface area contributed by atoms with Crippen molar-refractivity contribution >= 4 is 24.3 Å². The van der Waals surface area contributed by atoms with Gasteiger partial charge in [0.1, 0.15) is 11.9 Å². The Morgan fingerprint density at radius 1 is 1.20 bits per heavy atom. The third-order valence-electron chi connectivity index (χ3n) is 12.5. The van der Waals surface area contributed by atoms with E-state index in [9.17, 15) is 19.7 Å². The number of Topliss-reactive ketones (excluding diaryl/α,β-unsaturated/α-hetero) is 1. The largest absolute Gasteiger partial charge is 0.494 e. The standard InChI is InChI=1S/C33H47BFNO8/c1-20-7-9-33-10-8-23(37)29(33)32(20,4)25(17-31(3,30(39)21(33)2)11-12-36-13-15-41-16-14-36)44-26(38)19-42-24-6-5-22-18-43-34(40)27(22)28(24)35/h5-6,20-21,25,29-30,39-40H,7-19H2,1-4H3/t20-,21-,25+,29-,30-,31+,32-,33-/m0/s1. The second kappa shape index (κ2) is 12.0. The fourth-order valence-electron chi connectivity index (χ4n) is 9.54. The smallest absolute Gasteiger partial charge is 0.479 e. The number of hydrogen-bond donors (Lipinski definition) is 2. The van der Waals surface area contributed by atoms with E-state index in [1.807, 2.05) is 0 Å². The molecule has 2 N–H and O–H groups in total. The van der Waals surface area contributed by atoms with Crippen LogP contribution in [0, 0.1) is 39.8 Å². The summed E-state index contributed by atoms with van der Waals surface area (Å²) in [5, 5.41) is 22.2.